The summed E-state index contributed by atoms with van der Waals surface area (Å²) in [6.45, 7) is 1.97. The van der Waals surface area contributed by atoms with Crippen LogP contribution in [0.15, 0.2) is 42.5 Å². The van der Waals surface area contributed by atoms with Gasteiger partial charge in [0.05, 0.1) is 17.5 Å². The number of hydrogen-bond acceptors (Lipinski definition) is 7. The molecule has 1 unspecified atom stereocenters. The number of benzene rings is 2. The predicted octanol–water partition coefficient (Wildman–Crippen LogP) is 2.30. The van der Waals surface area contributed by atoms with Crippen molar-refractivity contribution < 1.29 is 4.79 Å². The Bertz CT molecular complexity index is 912. The summed E-state index contributed by atoms with van der Waals surface area (Å²) in [5.41, 5.74) is 12.1. The van der Waals surface area contributed by atoms with Crippen LogP contribution in [0.25, 0.3) is 10.8 Å². The summed E-state index contributed by atoms with van der Waals surface area (Å²) in [6, 6.07) is 14.3. The van der Waals surface area contributed by atoms with Crippen LogP contribution >= 0.6 is 11.8 Å². The molecule has 0 aliphatic rings. The van der Waals surface area contributed by atoms with Crippen LogP contribution in [0.2, 0.25) is 0 Å². The van der Waals surface area contributed by atoms with Crippen molar-refractivity contribution in [2.45, 2.75) is 18.7 Å². The minimum absolute atomic E-state index is 0.0503. The van der Waals surface area contributed by atoms with E-state index in [1.807, 2.05) is 25.1 Å². The van der Waals surface area contributed by atoms with E-state index >= 15 is 0 Å². The molecular formula is C18H20N6OS. The highest BCUT2D eigenvalue weighted by Gasteiger charge is 2.11. The zero-order valence-electron chi connectivity index (χ0n) is 14.3. The van der Waals surface area contributed by atoms with E-state index in [2.05, 4.69) is 44.5 Å². The van der Waals surface area contributed by atoms with E-state index in [4.69, 9.17) is 11.5 Å². The van der Waals surface area contributed by atoms with Crippen molar-refractivity contribution >= 4 is 40.3 Å². The van der Waals surface area contributed by atoms with Gasteiger partial charge in [0.25, 0.3) is 0 Å². The zero-order chi connectivity index (χ0) is 18.5. The largest absolute Gasteiger partial charge is 0.368 e. The Labute approximate surface area is 155 Å². The van der Waals surface area contributed by atoms with Crippen molar-refractivity contribution in [3.8, 4) is 0 Å². The number of anilines is 2. The van der Waals surface area contributed by atoms with Crippen LogP contribution in [0.1, 0.15) is 24.4 Å². The van der Waals surface area contributed by atoms with E-state index in [9.17, 15) is 4.79 Å². The van der Waals surface area contributed by atoms with Crippen molar-refractivity contribution in [2.75, 3.05) is 17.2 Å². The maximum Gasteiger partial charge on any atom is 0.230 e. The number of fused-ring (bicyclic) bond motifs is 1. The van der Waals surface area contributed by atoms with Gasteiger partial charge in [-0.3, -0.25) is 4.79 Å². The fourth-order valence-electron chi connectivity index (χ4n) is 2.60. The molecule has 3 rings (SSSR count). The van der Waals surface area contributed by atoms with E-state index in [-0.39, 0.29) is 23.8 Å². The lowest BCUT2D eigenvalue weighted by Crippen LogP contribution is -2.28. The van der Waals surface area contributed by atoms with Gasteiger partial charge in [-0.15, -0.1) is 11.8 Å². The van der Waals surface area contributed by atoms with Crippen LogP contribution < -0.4 is 16.8 Å². The van der Waals surface area contributed by atoms with Gasteiger partial charge in [0.2, 0.25) is 17.8 Å². The molecule has 0 bridgehead atoms. The molecular weight excluding hydrogens is 348 g/mol. The Morgan fingerprint density at radius 1 is 1.08 bits per heavy atom. The van der Waals surface area contributed by atoms with Crippen LogP contribution in [0.4, 0.5) is 11.9 Å². The summed E-state index contributed by atoms with van der Waals surface area (Å²) in [5.74, 6) is 1.32. The standard InChI is InChI=1S/C18H20N6OS/c1-11(13-7-6-12-4-2-3-5-14(12)8-13)21-16(25)10-26-9-15-22-17(19)24-18(20)23-15/h2-8,11H,9-10H2,1H3,(H,21,25)(H4,19,20,22,23,24). The lowest BCUT2D eigenvalue weighted by atomic mass is 10.0. The molecule has 3 aromatic rings. The third-order valence-electron chi connectivity index (χ3n) is 3.83. The van der Waals surface area contributed by atoms with Crippen LogP contribution in [0, 0.1) is 0 Å². The topological polar surface area (TPSA) is 120 Å². The highest BCUT2D eigenvalue weighted by atomic mass is 32.2. The molecule has 1 atom stereocenters. The Morgan fingerprint density at radius 2 is 1.77 bits per heavy atom. The number of nitrogens with two attached hydrogens (primary N) is 2. The molecule has 1 amide bonds. The SMILES string of the molecule is CC(NC(=O)CSCc1nc(N)nc(N)n1)c1ccc2ccccc2c1. The molecule has 26 heavy (non-hydrogen) atoms. The fourth-order valence-corrected chi connectivity index (χ4v) is 3.28. The molecule has 0 fully saturated rings. The van der Waals surface area contributed by atoms with E-state index in [1.165, 1.54) is 17.1 Å². The highest BCUT2D eigenvalue weighted by Crippen LogP contribution is 2.20. The number of hydrogen-bond donors (Lipinski definition) is 3. The van der Waals surface area contributed by atoms with Gasteiger partial charge in [-0.05, 0) is 29.3 Å². The van der Waals surface area contributed by atoms with Gasteiger partial charge < -0.3 is 16.8 Å². The van der Waals surface area contributed by atoms with E-state index in [0.717, 1.165) is 10.9 Å². The molecule has 5 N–H and O–H groups in total. The van der Waals surface area contributed by atoms with Crippen LogP contribution in [-0.4, -0.2) is 26.6 Å². The first-order valence-corrected chi connectivity index (χ1v) is 9.28. The van der Waals surface area contributed by atoms with Crippen molar-refractivity contribution in [3.05, 3.63) is 53.9 Å². The molecule has 0 aliphatic carbocycles. The molecule has 0 radical (unpaired) electrons. The predicted molar refractivity (Wildman–Crippen MR) is 105 cm³/mol. The van der Waals surface area contributed by atoms with E-state index in [0.29, 0.717) is 17.3 Å². The summed E-state index contributed by atoms with van der Waals surface area (Å²) in [4.78, 5) is 23.9. The number of nitrogen functional groups attached to an aromatic ring is 2. The van der Waals surface area contributed by atoms with Gasteiger partial charge in [0.1, 0.15) is 5.82 Å². The monoisotopic (exact) mass is 368 g/mol. The van der Waals surface area contributed by atoms with Gasteiger partial charge in [0, 0.05) is 0 Å². The van der Waals surface area contributed by atoms with Crippen LogP contribution in [0.5, 0.6) is 0 Å². The lowest BCUT2D eigenvalue weighted by molar-refractivity contribution is -0.119. The van der Waals surface area contributed by atoms with Crippen molar-refractivity contribution in [3.63, 3.8) is 0 Å². The Morgan fingerprint density at radius 3 is 2.50 bits per heavy atom. The maximum atomic E-state index is 12.2. The van der Waals surface area contributed by atoms with Gasteiger partial charge in [-0.2, -0.15) is 15.0 Å². The van der Waals surface area contributed by atoms with Crippen LogP contribution in [-0.2, 0) is 10.5 Å². The van der Waals surface area contributed by atoms with Gasteiger partial charge in [0.15, 0.2) is 0 Å². The van der Waals surface area contributed by atoms with E-state index in [1.54, 1.807) is 0 Å². The van der Waals surface area contributed by atoms with Crippen LogP contribution in [0.3, 0.4) is 0 Å². The Balaban J connectivity index is 1.53. The van der Waals surface area contributed by atoms with Gasteiger partial charge in [-0.25, -0.2) is 0 Å². The number of rotatable bonds is 6. The number of nitrogens with zero attached hydrogens (tertiary/aromatic N) is 3. The quantitative estimate of drug-likeness (QED) is 0.610. The molecule has 0 spiro atoms. The first-order valence-electron chi connectivity index (χ1n) is 8.13. The second-order valence-electron chi connectivity index (χ2n) is 5.86. The smallest absolute Gasteiger partial charge is 0.230 e. The third kappa shape index (κ3) is 4.60. The molecule has 0 saturated heterocycles. The maximum absolute atomic E-state index is 12.2. The second kappa shape index (κ2) is 8.01. The summed E-state index contributed by atoms with van der Waals surface area (Å²) >= 11 is 1.40. The minimum atomic E-state index is -0.0730. The third-order valence-corrected chi connectivity index (χ3v) is 4.76. The molecule has 8 heteroatoms. The number of nitrogens with one attached hydrogen (secondary N) is 1. The first-order chi connectivity index (χ1) is 12.5. The Hall–Kier alpha value is -2.87. The average Bonchev–Trinajstić information content (AvgIpc) is 2.60. The summed E-state index contributed by atoms with van der Waals surface area (Å²) in [7, 11) is 0. The summed E-state index contributed by atoms with van der Waals surface area (Å²) in [6.07, 6.45) is 0. The highest BCUT2D eigenvalue weighted by molar-refractivity contribution is 7.99. The summed E-state index contributed by atoms with van der Waals surface area (Å²) in [5, 5.41) is 5.35. The number of carbonyl (C=O) groups is 1. The van der Waals surface area contributed by atoms with E-state index < -0.39 is 0 Å². The van der Waals surface area contributed by atoms with Gasteiger partial charge >= 0.3 is 0 Å². The summed E-state index contributed by atoms with van der Waals surface area (Å²) < 4.78 is 0. The molecule has 134 valence electrons. The number of carbonyl (C=O) groups excluding carboxylic acids is 1. The molecule has 0 saturated carbocycles. The van der Waals surface area contributed by atoms with Crippen molar-refractivity contribution in [2.24, 2.45) is 0 Å². The second-order valence-corrected chi connectivity index (χ2v) is 6.84. The fraction of sp³-hybridized carbons (Fsp3) is 0.222. The molecule has 7 nitrogen and oxygen atoms in total. The van der Waals surface area contributed by atoms with Crippen molar-refractivity contribution in [1.82, 2.24) is 20.3 Å². The van der Waals surface area contributed by atoms with Gasteiger partial charge in [-0.1, -0.05) is 36.4 Å². The van der Waals surface area contributed by atoms with Crippen molar-refractivity contribution in [1.29, 1.82) is 0 Å². The minimum Gasteiger partial charge on any atom is -0.368 e. The lowest BCUT2D eigenvalue weighted by Gasteiger charge is -2.15. The normalized spacial score (nSPS) is 12.0. The number of thioether (sulfide) groups is 1. The molecule has 2 aromatic carbocycles. The number of aromatic nitrogens is 3. The zero-order valence-corrected chi connectivity index (χ0v) is 15.2. The molecule has 0 aliphatic heterocycles. The molecule has 1 aromatic heterocycles. The molecule has 1 heterocycles. The average molecular weight is 368 g/mol. The Kier molecular flexibility index (Phi) is 5.52. The first kappa shape index (κ1) is 17.9. The number of amides is 1.